The standard InChI is InChI=1S/C13H21N3O2/c1-9-6-11(4-5-14-9)13(17)16(3)8-12-7-10(2)18-15-12/h7,9,11,14H,4-6,8H2,1-3H3/t9-,11-/m1/s1. The molecule has 0 bridgehead atoms. The Morgan fingerprint density at radius 2 is 2.44 bits per heavy atom. The summed E-state index contributed by atoms with van der Waals surface area (Å²) < 4.78 is 5.01. The Balaban J connectivity index is 1.91. The van der Waals surface area contributed by atoms with E-state index in [9.17, 15) is 4.79 Å². The fourth-order valence-electron chi connectivity index (χ4n) is 2.48. The molecule has 5 heteroatoms. The van der Waals surface area contributed by atoms with Gasteiger partial charge in [-0.3, -0.25) is 4.79 Å². The summed E-state index contributed by atoms with van der Waals surface area (Å²) in [5.41, 5.74) is 0.810. The van der Waals surface area contributed by atoms with Crippen LogP contribution in [0, 0.1) is 12.8 Å². The zero-order valence-corrected chi connectivity index (χ0v) is 11.3. The van der Waals surface area contributed by atoms with Crippen LogP contribution in [0.25, 0.3) is 0 Å². The van der Waals surface area contributed by atoms with Crippen molar-refractivity contribution in [2.24, 2.45) is 5.92 Å². The topological polar surface area (TPSA) is 58.4 Å². The fraction of sp³-hybridized carbons (Fsp3) is 0.692. The van der Waals surface area contributed by atoms with Gasteiger partial charge >= 0.3 is 0 Å². The minimum Gasteiger partial charge on any atom is -0.361 e. The molecule has 0 spiro atoms. The molecule has 100 valence electrons. The van der Waals surface area contributed by atoms with Gasteiger partial charge in [0.1, 0.15) is 11.5 Å². The fourth-order valence-corrected chi connectivity index (χ4v) is 2.48. The van der Waals surface area contributed by atoms with Crippen molar-refractivity contribution in [2.75, 3.05) is 13.6 Å². The van der Waals surface area contributed by atoms with Crippen LogP contribution in [0.4, 0.5) is 0 Å². The van der Waals surface area contributed by atoms with Gasteiger partial charge in [0.15, 0.2) is 0 Å². The minimum atomic E-state index is 0.138. The van der Waals surface area contributed by atoms with Crippen LogP contribution in [0.2, 0.25) is 0 Å². The molecule has 1 saturated heterocycles. The molecule has 0 unspecified atom stereocenters. The Morgan fingerprint density at radius 3 is 3.06 bits per heavy atom. The zero-order chi connectivity index (χ0) is 13.1. The van der Waals surface area contributed by atoms with E-state index < -0.39 is 0 Å². The molecule has 2 heterocycles. The molecule has 1 N–H and O–H groups in total. The van der Waals surface area contributed by atoms with Crippen LogP contribution >= 0.6 is 0 Å². The van der Waals surface area contributed by atoms with Crippen molar-refractivity contribution >= 4 is 5.91 Å². The number of carbonyl (C=O) groups excluding carboxylic acids is 1. The third kappa shape index (κ3) is 3.10. The summed E-state index contributed by atoms with van der Waals surface area (Å²) in [5.74, 6) is 1.13. The molecule has 18 heavy (non-hydrogen) atoms. The largest absolute Gasteiger partial charge is 0.361 e. The Bertz CT molecular complexity index is 416. The summed E-state index contributed by atoms with van der Waals surface area (Å²) >= 11 is 0. The van der Waals surface area contributed by atoms with E-state index in [1.165, 1.54) is 0 Å². The molecule has 0 aliphatic carbocycles. The molecule has 1 aliphatic rings. The van der Waals surface area contributed by atoms with Gasteiger partial charge < -0.3 is 14.7 Å². The van der Waals surface area contributed by atoms with E-state index in [-0.39, 0.29) is 11.8 Å². The maximum absolute atomic E-state index is 12.3. The van der Waals surface area contributed by atoms with Crippen molar-refractivity contribution in [1.82, 2.24) is 15.4 Å². The molecule has 1 aliphatic heterocycles. The van der Waals surface area contributed by atoms with Crippen molar-refractivity contribution in [3.63, 3.8) is 0 Å². The Kier molecular flexibility index (Phi) is 4.01. The maximum Gasteiger partial charge on any atom is 0.225 e. The second-order valence-electron chi connectivity index (χ2n) is 5.20. The zero-order valence-electron chi connectivity index (χ0n) is 11.3. The second-order valence-corrected chi connectivity index (χ2v) is 5.20. The van der Waals surface area contributed by atoms with E-state index in [0.717, 1.165) is 30.8 Å². The van der Waals surface area contributed by atoms with Crippen molar-refractivity contribution < 1.29 is 9.32 Å². The lowest BCUT2D eigenvalue weighted by atomic mass is 9.92. The van der Waals surface area contributed by atoms with Crippen LogP contribution < -0.4 is 5.32 Å². The molecule has 5 nitrogen and oxygen atoms in total. The predicted octanol–water partition coefficient (Wildman–Crippen LogP) is 1.33. The van der Waals surface area contributed by atoms with Gasteiger partial charge in [-0.2, -0.15) is 0 Å². The summed E-state index contributed by atoms with van der Waals surface area (Å²) in [6, 6.07) is 2.30. The lowest BCUT2D eigenvalue weighted by molar-refractivity contribution is -0.136. The first kappa shape index (κ1) is 13.1. The van der Waals surface area contributed by atoms with Crippen LogP contribution in [0.1, 0.15) is 31.2 Å². The number of hydrogen-bond acceptors (Lipinski definition) is 4. The number of nitrogens with zero attached hydrogens (tertiary/aromatic N) is 2. The van der Waals surface area contributed by atoms with Crippen molar-refractivity contribution in [3.05, 3.63) is 17.5 Å². The SMILES string of the molecule is Cc1cc(CN(C)C(=O)[C@@H]2CCN[C@H](C)C2)no1. The summed E-state index contributed by atoms with van der Waals surface area (Å²) in [7, 11) is 1.83. The number of piperidine rings is 1. The number of aryl methyl sites for hydroxylation is 1. The third-order valence-corrected chi connectivity index (χ3v) is 3.43. The molecule has 0 aromatic carbocycles. The average Bonchev–Trinajstić information content (AvgIpc) is 2.73. The lowest BCUT2D eigenvalue weighted by Gasteiger charge is -2.30. The van der Waals surface area contributed by atoms with Crippen LogP contribution in [0.15, 0.2) is 10.6 Å². The van der Waals surface area contributed by atoms with Crippen molar-refractivity contribution in [1.29, 1.82) is 0 Å². The quantitative estimate of drug-likeness (QED) is 0.880. The molecule has 2 atom stereocenters. The van der Waals surface area contributed by atoms with E-state index in [2.05, 4.69) is 17.4 Å². The van der Waals surface area contributed by atoms with E-state index in [0.29, 0.717) is 12.6 Å². The van der Waals surface area contributed by atoms with Gasteiger partial charge in [-0.15, -0.1) is 0 Å². The van der Waals surface area contributed by atoms with E-state index >= 15 is 0 Å². The van der Waals surface area contributed by atoms with Gasteiger partial charge in [0, 0.05) is 25.1 Å². The van der Waals surface area contributed by atoms with E-state index in [1.807, 2.05) is 20.0 Å². The molecule has 1 amide bonds. The molecule has 1 aromatic rings. The summed E-state index contributed by atoms with van der Waals surface area (Å²) in [5, 5.41) is 7.28. The van der Waals surface area contributed by atoms with Crippen LogP contribution in [-0.4, -0.2) is 35.6 Å². The molecule has 0 saturated carbocycles. The molecule has 1 fully saturated rings. The smallest absolute Gasteiger partial charge is 0.225 e. The molecular formula is C13H21N3O2. The average molecular weight is 251 g/mol. The monoisotopic (exact) mass is 251 g/mol. The van der Waals surface area contributed by atoms with Gasteiger partial charge in [-0.05, 0) is 33.2 Å². The van der Waals surface area contributed by atoms with Gasteiger partial charge in [0.2, 0.25) is 5.91 Å². The van der Waals surface area contributed by atoms with Gasteiger partial charge in [0.25, 0.3) is 0 Å². The van der Waals surface area contributed by atoms with E-state index in [1.54, 1.807) is 4.90 Å². The number of nitrogens with one attached hydrogen (secondary N) is 1. The lowest BCUT2D eigenvalue weighted by Crippen LogP contribution is -2.42. The number of aromatic nitrogens is 1. The molecule has 2 rings (SSSR count). The van der Waals surface area contributed by atoms with Gasteiger partial charge in [0.05, 0.1) is 6.54 Å². The first-order chi connectivity index (χ1) is 8.56. The predicted molar refractivity (Wildman–Crippen MR) is 67.9 cm³/mol. The summed E-state index contributed by atoms with van der Waals surface area (Å²) in [6.07, 6.45) is 1.84. The van der Waals surface area contributed by atoms with E-state index in [4.69, 9.17) is 4.52 Å². The maximum atomic E-state index is 12.3. The van der Waals surface area contributed by atoms with Gasteiger partial charge in [-0.25, -0.2) is 0 Å². The van der Waals surface area contributed by atoms with Crippen LogP contribution in [-0.2, 0) is 11.3 Å². The van der Waals surface area contributed by atoms with Crippen molar-refractivity contribution in [3.8, 4) is 0 Å². The van der Waals surface area contributed by atoms with Crippen molar-refractivity contribution in [2.45, 2.75) is 39.3 Å². The third-order valence-electron chi connectivity index (χ3n) is 3.43. The highest BCUT2D eigenvalue weighted by Gasteiger charge is 2.27. The number of rotatable bonds is 3. The Hall–Kier alpha value is -1.36. The Labute approximate surface area is 108 Å². The Morgan fingerprint density at radius 1 is 1.67 bits per heavy atom. The minimum absolute atomic E-state index is 0.138. The summed E-state index contributed by atoms with van der Waals surface area (Å²) in [6.45, 7) is 5.43. The second kappa shape index (κ2) is 5.52. The number of carbonyl (C=O) groups is 1. The number of amides is 1. The van der Waals surface area contributed by atoms with Crippen LogP contribution in [0.5, 0.6) is 0 Å². The molecule has 0 radical (unpaired) electrons. The van der Waals surface area contributed by atoms with Crippen LogP contribution in [0.3, 0.4) is 0 Å². The number of hydrogen-bond donors (Lipinski definition) is 1. The highest BCUT2D eigenvalue weighted by molar-refractivity contribution is 5.78. The highest BCUT2D eigenvalue weighted by Crippen LogP contribution is 2.19. The molecular weight excluding hydrogens is 230 g/mol. The highest BCUT2D eigenvalue weighted by atomic mass is 16.5. The normalized spacial score (nSPS) is 23.9. The summed E-state index contributed by atoms with van der Waals surface area (Å²) in [4.78, 5) is 14.0. The first-order valence-corrected chi connectivity index (χ1v) is 6.47. The van der Waals surface area contributed by atoms with Gasteiger partial charge in [-0.1, -0.05) is 5.16 Å². The molecule has 1 aromatic heterocycles. The first-order valence-electron chi connectivity index (χ1n) is 6.47.